The molecule has 0 fully saturated rings. The van der Waals surface area contributed by atoms with Crippen LogP contribution in [-0.4, -0.2) is 14.1 Å². The van der Waals surface area contributed by atoms with Crippen molar-refractivity contribution in [2.24, 2.45) is 0 Å². The van der Waals surface area contributed by atoms with E-state index < -0.39 is 0 Å². The van der Waals surface area contributed by atoms with E-state index in [0.29, 0.717) is 0 Å². The van der Waals surface area contributed by atoms with E-state index >= 15 is 0 Å². The van der Waals surface area contributed by atoms with Crippen LogP contribution in [0.2, 0.25) is 0 Å². The van der Waals surface area contributed by atoms with Gasteiger partial charge in [-0.25, -0.2) is 4.98 Å². The molecule has 7 aromatic carbocycles. The lowest BCUT2D eigenvalue weighted by molar-refractivity contribution is -0.571. The summed E-state index contributed by atoms with van der Waals surface area (Å²) in [5, 5.41) is 2.36. The highest BCUT2D eigenvalue weighted by Crippen LogP contribution is 2.47. The number of ether oxygens (including phenoxy) is 1. The number of fused-ring (bicyclic) bond motifs is 11. The minimum absolute atomic E-state index is 0.0682. The zero-order valence-corrected chi connectivity index (χ0v) is 34.8. The van der Waals surface area contributed by atoms with Crippen molar-refractivity contribution in [3.8, 4) is 62.1 Å². The van der Waals surface area contributed by atoms with E-state index in [4.69, 9.17) is 9.72 Å². The first kappa shape index (κ1) is 35.7. The Morgan fingerprint density at radius 2 is 1.11 bits per heavy atom. The molecule has 0 spiro atoms. The lowest BCUT2D eigenvalue weighted by atomic mass is 9.64. The van der Waals surface area contributed by atoms with Crippen LogP contribution in [0.25, 0.3) is 83.4 Å². The maximum Gasteiger partial charge on any atom is 0.269 e. The molecule has 61 heavy (non-hydrogen) atoms. The molecule has 0 N–H and O–H groups in total. The molecule has 10 aromatic rings. The number of benzene rings is 7. The second kappa shape index (κ2) is 13.1. The van der Waals surface area contributed by atoms with Crippen LogP contribution < -0.4 is 9.30 Å². The first-order chi connectivity index (χ1) is 29.7. The van der Waals surface area contributed by atoms with Gasteiger partial charge in [-0.05, 0) is 117 Å². The molecule has 4 heterocycles. The summed E-state index contributed by atoms with van der Waals surface area (Å²) in [6.07, 6.45) is 8.25. The summed E-state index contributed by atoms with van der Waals surface area (Å²) >= 11 is 0. The number of rotatable bonds is 4. The van der Waals surface area contributed by atoms with E-state index in [2.05, 4.69) is 212 Å². The Morgan fingerprint density at radius 3 is 1.90 bits per heavy atom. The van der Waals surface area contributed by atoms with Gasteiger partial charge in [0.05, 0.1) is 33.4 Å². The molecule has 0 saturated heterocycles. The number of imidazole rings is 1. The van der Waals surface area contributed by atoms with Crippen LogP contribution >= 0.6 is 0 Å². The summed E-state index contributed by atoms with van der Waals surface area (Å²) in [6, 6.07) is 58.5. The molecular formula is C56H44N4O. The van der Waals surface area contributed by atoms with Crippen molar-refractivity contribution in [2.75, 3.05) is 0 Å². The van der Waals surface area contributed by atoms with E-state index in [1.54, 1.807) is 0 Å². The van der Waals surface area contributed by atoms with Gasteiger partial charge in [-0.15, -0.1) is 0 Å². The number of pyridine rings is 1. The average molecular weight is 789 g/mol. The lowest BCUT2D eigenvalue weighted by Crippen LogP contribution is -2.34. The number of para-hydroxylation sites is 3. The Balaban J connectivity index is 0.988. The van der Waals surface area contributed by atoms with Crippen molar-refractivity contribution in [1.82, 2.24) is 14.1 Å². The Labute approximate surface area is 355 Å². The first-order valence-electron chi connectivity index (χ1n) is 21.3. The van der Waals surface area contributed by atoms with Gasteiger partial charge in [0.25, 0.3) is 6.33 Å². The van der Waals surface area contributed by atoms with Crippen LogP contribution in [0.4, 0.5) is 0 Å². The SMILES string of the molecule is CC1(C)CCC(C)(C)c2cc(-n3c4ccccc4c4ccc(Oc5cccc(-n6[c-][n+]7c8c(cccc86)-c6ccccc6-c6ccccc6-c6ccccc6-7)c5)cc43)ncc21. The summed E-state index contributed by atoms with van der Waals surface area (Å²) in [5.74, 6) is 2.44. The monoisotopic (exact) mass is 788 g/mol. The van der Waals surface area contributed by atoms with E-state index in [-0.39, 0.29) is 10.8 Å². The molecule has 1 aliphatic carbocycles. The Kier molecular flexibility index (Phi) is 7.68. The van der Waals surface area contributed by atoms with Gasteiger partial charge in [0.15, 0.2) is 0 Å². The summed E-state index contributed by atoms with van der Waals surface area (Å²) in [5.41, 5.74) is 16.4. The van der Waals surface area contributed by atoms with Crippen molar-refractivity contribution >= 4 is 32.8 Å². The van der Waals surface area contributed by atoms with Gasteiger partial charge in [-0.1, -0.05) is 137 Å². The predicted octanol–water partition coefficient (Wildman–Crippen LogP) is 13.7. The molecular weight excluding hydrogens is 745 g/mol. The van der Waals surface area contributed by atoms with Crippen LogP contribution in [-0.2, 0) is 10.8 Å². The largest absolute Gasteiger partial charge is 0.458 e. The number of hydrogen-bond acceptors (Lipinski definition) is 2. The molecule has 1 aliphatic heterocycles. The Bertz CT molecular complexity index is 3420. The van der Waals surface area contributed by atoms with Crippen LogP contribution in [0.1, 0.15) is 51.7 Å². The van der Waals surface area contributed by atoms with Gasteiger partial charge in [0.2, 0.25) is 0 Å². The third-order valence-electron chi connectivity index (χ3n) is 13.5. The highest BCUT2D eigenvalue weighted by Gasteiger charge is 2.38. The average Bonchev–Trinajstić information content (AvgIpc) is 3.85. The van der Waals surface area contributed by atoms with Crippen molar-refractivity contribution < 1.29 is 9.30 Å². The molecule has 5 nitrogen and oxygen atoms in total. The summed E-state index contributed by atoms with van der Waals surface area (Å²) in [6.45, 7) is 9.45. The summed E-state index contributed by atoms with van der Waals surface area (Å²) in [7, 11) is 0. The lowest BCUT2D eigenvalue weighted by Gasteiger charge is -2.41. The number of nitrogens with zero attached hydrogens (tertiary/aromatic N) is 4. The van der Waals surface area contributed by atoms with E-state index in [0.717, 1.165) is 74.7 Å². The quantitative estimate of drug-likeness (QED) is 0.132. The molecule has 0 amide bonds. The molecule has 294 valence electrons. The third-order valence-corrected chi connectivity index (χ3v) is 13.5. The van der Waals surface area contributed by atoms with Crippen LogP contribution in [0.5, 0.6) is 11.5 Å². The fourth-order valence-corrected chi connectivity index (χ4v) is 10.2. The molecule has 3 aromatic heterocycles. The Hall–Kier alpha value is -7.24. The molecule has 0 unspecified atom stereocenters. The molecule has 2 aliphatic rings. The molecule has 0 radical (unpaired) electrons. The van der Waals surface area contributed by atoms with Gasteiger partial charge >= 0.3 is 0 Å². The second-order valence-electron chi connectivity index (χ2n) is 18.0. The highest BCUT2D eigenvalue weighted by molar-refractivity contribution is 6.09. The normalized spacial score (nSPS) is 14.7. The third kappa shape index (κ3) is 5.46. The van der Waals surface area contributed by atoms with E-state index in [9.17, 15) is 0 Å². The standard InChI is InChI=1S/C56H44N4O/c1-55(2)29-30-56(3,4)48-34-57-53(33-47(48)55)60-50-25-12-10-22-44(50)45-28-27-38(32-52(45)60)61-37-16-13-15-36(31-37)58-35-59-49-24-11-9-21-43(49)41-19-7-5-17-39(41)40-18-6-8-20-42(40)46-23-14-26-51(58)54(46)59/h5-28,31-34H,29-30H2,1-4H3. The minimum atomic E-state index is 0.0682. The van der Waals surface area contributed by atoms with Gasteiger partial charge in [0.1, 0.15) is 17.3 Å². The predicted molar refractivity (Wildman–Crippen MR) is 247 cm³/mol. The van der Waals surface area contributed by atoms with Gasteiger partial charge in [-0.2, -0.15) is 0 Å². The van der Waals surface area contributed by atoms with Crippen LogP contribution in [0, 0.1) is 6.33 Å². The first-order valence-corrected chi connectivity index (χ1v) is 21.3. The smallest absolute Gasteiger partial charge is 0.269 e. The summed E-state index contributed by atoms with van der Waals surface area (Å²) in [4.78, 5) is 5.17. The fourth-order valence-electron chi connectivity index (χ4n) is 10.2. The molecule has 0 saturated carbocycles. The van der Waals surface area contributed by atoms with Crippen molar-refractivity contribution in [3.05, 3.63) is 187 Å². The van der Waals surface area contributed by atoms with Gasteiger partial charge < -0.3 is 4.74 Å². The maximum absolute atomic E-state index is 6.80. The Morgan fingerprint density at radius 1 is 0.525 bits per heavy atom. The van der Waals surface area contributed by atoms with Crippen molar-refractivity contribution in [1.29, 1.82) is 0 Å². The van der Waals surface area contributed by atoms with Crippen molar-refractivity contribution in [2.45, 2.75) is 51.4 Å². The number of aromatic nitrogens is 4. The van der Waals surface area contributed by atoms with Crippen molar-refractivity contribution in [3.63, 3.8) is 0 Å². The zero-order chi connectivity index (χ0) is 41.0. The van der Waals surface area contributed by atoms with Gasteiger partial charge in [-0.3, -0.25) is 13.7 Å². The van der Waals surface area contributed by atoms with Crippen LogP contribution in [0.3, 0.4) is 0 Å². The molecule has 12 rings (SSSR count). The molecule has 0 bridgehead atoms. The molecule has 0 atom stereocenters. The topological polar surface area (TPSA) is 35.9 Å². The maximum atomic E-state index is 6.80. The van der Waals surface area contributed by atoms with E-state index in [1.165, 1.54) is 44.2 Å². The van der Waals surface area contributed by atoms with Gasteiger partial charge in [0, 0.05) is 23.0 Å². The number of hydrogen-bond donors (Lipinski definition) is 0. The second-order valence-corrected chi connectivity index (χ2v) is 18.0. The van der Waals surface area contributed by atoms with Crippen LogP contribution in [0.15, 0.2) is 170 Å². The van der Waals surface area contributed by atoms with E-state index in [1.807, 2.05) is 6.07 Å². The zero-order valence-electron chi connectivity index (χ0n) is 34.8. The molecule has 5 heteroatoms. The fraction of sp³-hybridized carbons (Fsp3) is 0.143. The summed E-state index contributed by atoms with van der Waals surface area (Å²) < 4.78 is 13.5. The highest BCUT2D eigenvalue weighted by atomic mass is 16.5. The minimum Gasteiger partial charge on any atom is -0.458 e.